The Kier molecular flexibility index (Phi) is 4.82. The fraction of sp³-hybridized carbons (Fsp3) is 0.600. The first-order valence-corrected chi connectivity index (χ1v) is 8.64. The maximum absolute atomic E-state index is 12.0. The first-order chi connectivity index (χ1) is 10.7. The summed E-state index contributed by atoms with van der Waals surface area (Å²) in [5, 5.41) is 13.2. The van der Waals surface area contributed by atoms with Gasteiger partial charge >= 0.3 is 6.01 Å². The van der Waals surface area contributed by atoms with Crippen LogP contribution in [0.25, 0.3) is 11.6 Å². The Labute approximate surface area is 133 Å². The average Bonchev–Trinajstić information content (AvgIpc) is 3.15. The van der Waals surface area contributed by atoms with Crippen LogP contribution in [0, 0.1) is 12.8 Å². The van der Waals surface area contributed by atoms with Crippen LogP contribution in [0.5, 0.6) is 0 Å². The third kappa shape index (κ3) is 3.91. The number of rotatable bonds is 5. The number of hydrogen-bond acceptors (Lipinski definition) is 6. The number of thiazole rings is 1. The summed E-state index contributed by atoms with van der Waals surface area (Å²) in [4.78, 5) is 16.2. The van der Waals surface area contributed by atoms with Crippen molar-refractivity contribution in [3.63, 3.8) is 0 Å². The predicted octanol–water partition coefficient (Wildman–Crippen LogP) is 3.80. The summed E-state index contributed by atoms with van der Waals surface area (Å²) < 4.78 is 5.44. The molecule has 1 N–H and O–H groups in total. The van der Waals surface area contributed by atoms with E-state index in [0.29, 0.717) is 23.9 Å². The number of aromatic nitrogens is 3. The lowest BCUT2D eigenvalue weighted by atomic mass is 9.86. The predicted molar refractivity (Wildman–Crippen MR) is 84.6 cm³/mol. The van der Waals surface area contributed by atoms with Gasteiger partial charge in [0, 0.05) is 11.8 Å². The molecule has 2 aromatic rings. The highest BCUT2D eigenvalue weighted by Crippen LogP contribution is 2.27. The lowest BCUT2D eigenvalue weighted by molar-refractivity contribution is -0.116. The largest absolute Gasteiger partial charge is 0.401 e. The number of hydrogen-bond donors (Lipinski definition) is 1. The van der Waals surface area contributed by atoms with Gasteiger partial charge in [-0.2, -0.15) is 0 Å². The molecule has 0 aliphatic heterocycles. The lowest BCUT2D eigenvalue weighted by Crippen LogP contribution is -2.15. The number of carbonyl (C=O) groups excluding carboxylic acids is 1. The summed E-state index contributed by atoms with van der Waals surface area (Å²) in [7, 11) is 0. The molecule has 0 atom stereocenters. The highest BCUT2D eigenvalue weighted by Gasteiger charge is 2.17. The van der Waals surface area contributed by atoms with Crippen LogP contribution >= 0.6 is 11.3 Å². The van der Waals surface area contributed by atoms with Crippen LogP contribution < -0.4 is 5.32 Å². The van der Waals surface area contributed by atoms with Crippen molar-refractivity contribution in [2.24, 2.45) is 5.92 Å². The molecule has 2 heterocycles. The summed E-state index contributed by atoms with van der Waals surface area (Å²) in [6, 6.07) is 0.147. The second-order valence-corrected chi connectivity index (χ2v) is 6.82. The number of nitrogens with one attached hydrogen (secondary N) is 1. The van der Waals surface area contributed by atoms with Crippen LogP contribution in [0.4, 0.5) is 6.01 Å². The van der Waals surface area contributed by atoms with Gasteiger partial charge in [0.25, 0.3) is 5.89 Å². The van der Waals surface area contributed by atoms with E-state index in [0.717, 1.165) is 11.4 Å². The molecule has 118 valence electrons. The van der Waals surface area contributed by atoms with Gasteiger partial charge in [-0.15, -0.1) is 16.4 Å². The first-order valence-electron chi connectivity index (χ1n) is 7.76. The highest BCUT2D eigenvalue weighted by molar-refractivity contribution is 7.09. The van der Waals surface area contributed by atoms with Crippen molar-refractivity contribution in [3.8, 4) is 11.6 Å². The smallest absolute Gasteiger partial charge is 0.322 e. The second-order valence-electron chi connectivity index (χ2n) is 5.76. The Balaban J connectivity index is 1.50. The molecule has 0 aromatic carbocycles. The van der Waals surface area contributed by atoms with Gasteiger partial charge in [-0.3, -0.25) is 10.1 Å². The van der Waals surface area contributed by atoms with E-state index < -0.39 is 0 Å². The first kappa shape index (κ1) is 15.1. The molecular weight excluding hydrogens is 300 g/mol. The molecule has 22 heavy (non-hydrogen) atoms. The number of carbonyl (C=O) groups is 1. The summed E-state index contributed by atoms with van der Waals surface area (Å²) >= 11 is 1.52. The second kappa shape index (κ2) is 7.00. The summed E-state index contributed by atoms with van der Waals surface area (Å²) in [6.07, 6.45) is 7.89. The Morgan fingerprint density at radius 3 is 2.91 bits per heavy atom. The highest BCUT2D eigenvalue weighted by atomic mass is 32.1. The standard InChI is InChI=1S/C15H20N4O2S/c1-10-16-12(9-22-10)14-18-19-15(21-14)17-13(20)8-7-11-5-3-2-4-6-11/h9,11H,2-8H2,1H3,(H,17,19,20). The molecule has 1 fully saturated rings. The van der Waals surface area contributed by atoms with Gasteiger partial charge in [0.1, 0.15) is 5.69 Å². The molecule has 1 aliphatic carbocycles. The van der Waals surface area contributed by atoms with Crippen LogP contribution in [0.15, 0.2) is 9.80 Å². The zero-order valence-electron chi connectivity index (χ0n) is 12.7. The summed E-state index contributed by atoms with van der Waals surface area (Å²) in [5.74, 6) is 0.970. The molecule has 0 radical (unpaired) electrons. The van der Waals surface area contributed by atoms with Crippen molar-refractivity contribution < 1.29 is 9.21 Å². The van der Waals surface area contributed by atoms with Gasteiger partial charge in [0.15, 0.2) is 0 Å². The van der Waals surface area contributed by atoms with Gasteiger partial charge in [-0.25, -0.2) is 4.98 Å². The number of nitrogens with zero attached hydrogens (tertiary/aromatic N) is 3. The Bertz CT molecular complexity index is 631. The van der Waals surface area contributed by atoms with Crippen molar-refractivity contribution in [2.45, 2.75) is 51.9 Å². The molecule has 0 saturated heterocycles. The molecule has 7 heteroatoms. The molecule has 3 rings (SSSR count). The molecule has 1 saturated carbocycles. The lowest BCUT2D eigenvalue weighted by Gasteiger charge is -2.20. The molecule has 2 aromatic heterocycles. The Hall–Kier alpha value is -1.76. The molecule has 1 amide bonds. The van der Waals surface area contributed by atoms with E-state index in [9.17, 15) is 4.79 Å². The van der Waals surface area contributed by atoms with Crippen LogP contribution in [-0.2, 0) is 4.79 Å². The summed E-state index contributed by atoms with van der Waals surface area (Å²) in [5.41, 5.74) is 0.651. The normalized spacial score (nSPS) is 15.9. The Morgan fingerprint density at radius 1 is 1.36 bits per heavy atom. The van der Waals surface area contributed by atoms with E-state index in [1.807, 2.05) is 12.3 Å². The average molecular weight is 320 g/mol. The fourth-order valence-electron chi connectivity index (χ4n) is 2.83. The van der Waals surface area contributed by atoms with Gasteiger partial charge < -0.3 is 4.42 Å². The van der Waals surface area contributed by atoms with Crippen LogP contribution in [0.3, 0.4) is 0 Å². The molecular formula is C15H20N4O2S. The van der Waals surface area contributed by atoms with E-state index in [1.54, 1.807) is 0 Å². The third-order valence-electron chi connectivity index (χ3n) is 4.01. The van der Waals surface area contributed by atoms with E-state index >= 15 is 0 Å². The van der Waals surface area contributed by atoms with Crippen molar-refractivity contribution in [2.75, 3.05) is 5.32 Å². The maximum atomic E-state index is 12.0. The van der Waals surface area contributed by atoms with Gasteiger partial charge in [-0.05, 0) is 19.3 Å². The van der Waals surface area contributed by atoms with E-state index in [4.69, 9.17) is 4.42 Å². The van der Waals surface area contributed by atoms with Crippen molar-refractivity contribution >= 4 is 23.3 Å². The van der Waals surface area contributed by atoms with Crippen LogP contribution in [-0.4, -0.2) is 21.1 Å². The minimum atomic E-state index is -0.0600. The van der Waals surface area contributed by atoms with Crippen molar-refractivity contribution in [3.05, 3.63) is 10.4 Å². The topological polar surface area (TPSA) is 80.9 Å². The number of anilines is 1. The minimum Gasteiger partial charge on any atom is -0.401 e. The third-order valence-corrected chi connectivity index (χ3v) is 4.79. The molecule has 0 spiro atoms. The molecule has 1 aliphatic rings. The SMILES string of the molecule is Cc1nc(-c2nnc(NC(=O)CCC3CCCCC3)o2)cs1. The maximum Gasteiger partial charge on any atom is 0.322 e. The summed E-state index contributed by atoms with van der Waals surface area (Å²) in [6.45, 7) is 1.92. The minimum absolute atomic E-state index is 0.0600. The van der Waals surface area contributed by atoms with E-state index in [-0.39, 0.29) is 11.9 Å². The molecule has 0 bridgehead atoms. The van der Waals surface area contributed by atoms with Crippen LogP contribution in [0.2, 0.25) is 0 Å². The number of amides is 1. The van der Waals surface area contributed by atoms with Crippen LogP contribution in [0.1, 0.15) is 50.0 Å². The van der Waals surface area contributed by atoms with Gasteiger partial charge in [0.2, 0.25) is 5.91 Å². The molecule has 0 unspecified atom stereocenters. The van der Waals surface area contributed by atoms with Crippen molar-refractivity contribution in [1.29, 1.82) is 0 Å². The van der Waals surface area contributed by atoms with E-state index in [2.05, 4.69) is 20.5 Å². The van der Waals surface area contributed by atoms with E-state index in [1.165, 1.54) is 43.4 Å². The van der Waals surface area contributed by atoms with Gasteiger partial charge in [-0.1, -0.05) is 37.2 Å². The monoisotopic (exact) mass is 320 g/mol. The zero-order chi connectivity index (χ0) is 15.4. The van der Waals surface area contributed by atoms with Crippen molar-refractivity contribution in [1.82, 2.24) is 15.2 Å². The zero-order valence-corrected chi connectivity index (χ0v) is 13.5. The molecule has 6 nitrogen and oxygen atoms in total. The van der Waals surface area contributed by atoms with Gasteiger partial charge in [0.05, 0.1) is 5.01 Å². The quantitative estimate of drug-likeness (QED) is 0.906. The number of aryl methyl sites for hydroxylation is 1. The Morgan fingerprint density at radius 2 is 2.18 bits per heavy atom. The fourth-order valence-corrected chi connectivity index (χ4v) is 3.42.